The van der Waals surface area contributed by atoms with E-state index in [1.54, 1.807) is 21.9 Å². The molecule has 0 saturated carbocycles. The van der Waals surface area contributed by atoms with Gasteiger partial charge in [0.25, 0.3) is 5.91 Å². The third-order valence-electron chi connectivity index (χ3n) is 4.65. The number of nitro groups is 1. The van der Waals surface area contributed by atoms with Crippen molar-refractivity contribution in [2.24, 2.45) is 0 Å². The van der Waals surface area contributed by atoms with Crippen molar-refractivity contribution in [2.45, 2.75) is 0 Å². The number of anilines is 1. The van der Waals surface area contributed by atoms with Gasteiger partial charge < -0.3 is 19.0 Å². The Balaban J connectivity index is 1.56. The number of carbonyl (C=O) groups is 1. The monoisotopic (exact) mass is 491 g/mol. The Hall–Kier alpha value is -3.54. The second kappa shape index (κ2) is 8.68. The molecule has 3 heterocycles. The minimum Gasteiger partial charge on any atom is -0.459 e. The molecule has 0 N–H and O–H groups in total. The molecule has 0 unspecified atom stereocenters. The summed E-state index contributed by atoms with van der Waals surface area (Å²) in [4.78, 5) is 34.8. The van der Waals surface area contributed by atoms with E-state index in [2.05, 4.69) is 25.9 Å². The molecule has 10 nitrogen and oxygen atoms in total. The Labute approximate surface area is 183 Å². The first kappa shape index (κ1) is 20.7. The summed E-state index contributed by atoms with van der Waals surface area (Å²) in [5.41, 5.74) is -0.440. The number of hydrogen-bond acceptors (Lipinski definition) is 8. The molecule has 0 aliphatic carbocycles. The van der Waals surface area contributed by atoms with Crippen LogP contribution in [0.25, 0.3) is 0 Å². The van der Waals surface area contributed by atoms with E-state index in [-0.39, 0.29) is 29.1 Å². The molecule has 1 aliphatic heterocycles. The third-order valence-corrected chi connectivity index (χ3v) is 5.31. The number of rotatable bonds is 5. The summed E-state index contributed by atoms with van der Waals surface area (Å²) in [7, 11) is 0. The molecule has 3 aromatic rings. The molecule has 2 aromatic heterocycles. The zero-order chi connectivity index (χ0) is 22.0. The molecule has 0 radical (unpaired) electrons. The molecule has 160 valence electrons. The molecule has 0 atom stereocenters. The van der Waals surface area contributed by atoms with Crippen LogP contribution in [-0.2, 0) is 0 Å². The number of halogens is 2. The van der Waals surface area contributed by atoms with Gasteiger partial charge in [-0.25, -0.2) is 9.37 Å². The molecule has 4 rings (SSSR count). The van der Waals surface area contributed by atoms with Crippen molar-refractivity contribution in [1.29, 1.82) is 0 Å². The first-order valence-electron chi connectivity index (χ1n) is 9.14. The molecular weight excluding hydrogens is 477 g/mol. The summed E-state index contributed by atoms with van der Waals surface area (Å²) in [6, 6.07) is 6.95. The number of benzene rings is 1. The first-order valence-corrected chi connectivity index (χ1v) is 9.93. The molecular formula is C19H15BrFN5O5. The molecule has 0 spiro atoms. The summed E-state index contributed by atoms with van der Waals surface area (Å²) < 4.78 is 24.7. The Morgan fingerprint density at radius 2 is 2.00 bits per heavy atom. The van der Waals surface area contributed by atoms with Crippen LogP contribution in [0.15, 0.2) is 51.8 Å². The average Bonchev–Trinajstić information content (AvgIpc) is 3.30. The lowest BCUT2D eigenvalue weighted by Gasteiger charge is -2.34. The van der Waals surface area contributed by atoms with Crippen molar-refractivity contribution in [3.63, 3.8) is 0 Å². The third kappa shape index (κ3) is 4.33. The quantitative estimate of drug-likeness (QED) is 0.392. The minimum absolute atomic E-state index is 0.0432. The summed E-state index contributed by atoms with van der Waals surface area (Å²) in [6.07, 6.45) is 2.57. The number of nitrogens with zero attached hydrogens (tertiary/aromatic N) is 5. The maximum Gasteiger partial charge on any atom is 0.373 e. The van der Waals surface area contributed by atoms with E-state index in [9.17, 15) is 19.3 Å². The van der Waals surface area contributed by atoms with Crippen molar-refractivity contribution in [1.82, 2.24) is 14.9 Å². The number of piperazine rings is 1. The van der Waals surface area contributed by atoms with E-state index < -0.39 is 16.4 Å². The highest BCUT2D eigenvalue weighted by atomic mass is 79.9. The highest BCUT2D eigenvalue weighted by Crippen LogP contribution is 2.38. The Morgan fingerprint density at radius 1 is 1.23 bits per heavy atom. The van der Waals surface area contributed by atoms with Crippen LogP contribution < -0.4 is 9.64 Å². The van der Waals surface area contributed by atoms with Crippen LogP contribution in [0.2, 0.25) is 0 Å². The van der Waals surface area contributed by atoms with Crippen LogP contribution in [0, 0.1) is 15.9 Å². The van der Waals surface area contributed by atoms with Crippen molar-refractivity contribution in [3.8, 4) is 11.6 Å². The molecule has 0 bridgehead atoms. The van der Waals surface area contributed by atoms with Crippen molar-refractivity contribution in [2.75, 3.05) is 31.1 Å². The minimum atomic E-state index is -0.641. The van der Waals surface area contributed by atoms with Gasteiger partial charge in [0.2, 0.25) is 5.82 Å². The van der Waals surface area contributed by atoms with Crippen LogP contribution in [0.5, 0.6) is 11.6 Å². The van der Waals surface area contributed by atoms with E-state index in [4.69, 9.17) is 9.15 Å². The van der Waals surface area contributed by atoms with Gasteiger partial charge in [0, 0.05) is 32.2 Å². The van der Waals surface area contributed by atoms with Gasteiger partial charge >= 0.3 is 11.6 Å². The highest BCUT2D eigenvalue weighted by Gasteiger charge is 2.32. The second-order valence-corrected chi connectivity index (χ2v) is 7.40. The van der Waals surface area contributed by atoms with Gasteiger partial charge in [0.15, 0.2) is 5.76 Å². The Kier molecular flexibility index (Phi) is 5.80. The lowest BCUT2D eigenvalue weighted by molar-refractivity contribution is -0.385. The van der Waals surface area contributed by atoms with E-state index in [1.807, 2.05) is 0 Å². The van der Waals surface area contributed by atoms with Gasteiger partial charge in [0.05, 0.1) is 15.7 Å². The topological polar surface area (TPSA) is 115 Å². The van der Waals surface area contributed by atoms with Gasteiger partial charge in [-0.15, -0.1) is 0 Å². The second-order valence-electron chi connectivity index (χ2n) is 6.54. The Bertz CT molecular complexity index is 1120. The maximum absolute atomic E-state index is 13.6. The number of hydrogen-bond donors (Lipinski definition) is 0. The number of furan rings is 1. The lowest BCUT2D eigenvalue weighted by Crippen LogP contribution is -2.49. The molecule has 1 aromatic carbocycles. The molecule has 1 aliphatic rings. The lowest BCUT2D eigenvalue weighted by atomic mass is 10.2. The molecule has 1 fully saturated rings. The van der Waals surface area contributed by atoms with Gasteiger partial charge in [0.1, 0.15) is 17.9 Å². The van der Waals surface area contributed by atoms with Crippen LogP contribution in [0.1, 0.15) is 10.6 Å². The van der Waals surface area contributed by atoms with E-state index in [0.29, 0.717) is 30.7 Å². The van der Waals surface area contributed by atoms with Gasteiger partial charge in [-0.05, 0) is 40.2 Å². The van der Waals surface area contributed by atoms with Crippen LogP contribution in [-0.4, -0.2) is 51.9 Å². The molecule has 12 heteroatoms. The maximum atomic E-state index is 13.6. The zero-order valence-electron chi connectivity index (χ0n) is 15.9. The van der Waals surface area contributed by atoms with Gasteiger partial charge in [-0.1, -0.05) is 0 Å². The summed E-state index contributed by atoms with van der Waals surface area (Å²) in [5, 5.41) is 11.8. The first-order chi connectivity index (χ1) is 14.9. The zero-order valence-corrected chi connectivity index (χ0v) is 17.5. The fourth-order valence-electron chi connectivity index (χ4n) is 3.16. The predicted molar refractivity (Wildman–Crippen MR) is 110 cm³/mol. The fraction of sp³-hybridized carbons (Fsp3) is 0.211. The summed E-state index contributed by atoms with van der Waals surface area (Å²) >= 11 is 3.22. The SMILES string of the molecule is O=C(c1ccco1)N1CCN(c2ncnc(Oc3cc(F)ccc3Br)c2[N+](=O)[O-])CC1. The largest absolute Gasteiger partial charge is 0.459 e. The number of carbonyl (C=O) groups excluding carboxylic acids is 1. The fourth-order valence-corrected chi connectivity index (χ4v) is 3.48. The highest BCUT2D eigenvalue weighted by molar-refractivity contribution is 9.10. The smallest absolute Gasteiger partial charge is 0.373 e. The normalized spacial score (nSPS) is 13.9. The number of aromatic nitrogens is 2. The van der Waals surface area contributed by atoms with E-state index in [1.165, 1.54) is 18.4 Å². The number of ether oxygens (including phenoxy) is 1. The van der Waals surface area contributed by atoms with Crippen molar-refractivity contribution in [3.05, 3.63) is 69.1 Å². The Morgan fingerprint density at radius 3 is 2.68 bits per heavy atom. The van der Waals surface area contributed by atoms with E-state index in [0.717, 1.165) is 12.4 Å². The molecule has 1 saturated heterocycles. The molecule has 1 amide bonds. The van der Waals surface area contributed by atoms with E-state index >= 15 is 0 Å². The van der Waals surface area contributed by atoms with Crippen molar-refractivity contribution >= 4 is 33.3 Å². The van der Waals surface area contributed by atoms with Crippen LogP contribution >= 0.6 is 15.9 Å². The van der Waals surface area contributed by atoms with Crippen molar-refractivity contribution < 1.29 is 23.3 Å². The summed E-state index contributed by atoms with van der Waals surface area (Å²) in [6.45, 7) is 1.28. The van der Waals surface area contributed by atoms with Crippen LogP contribution in [0.4, 0.5) is 15.9 Å². The number of amides is 1. The van der Waals surface area contributed by atoms with Crippen LogP contribution in [0.3, 0.4) is 0 Å². The molecule has 31 heavy (non-hydrogen) atoms. The standard InChI is InChI=1S/C19H15BrFN5O5/c20-13-4-3-12(21)10-15(13)31-18-16(26(28)29)17(22-11-23-18)24-5-7-25(8-6-24)19(27)14-2-1-9-30-14/h1-4,9-11H,5-8H2. The predicted octanol–water partition coefficient (Wildman–Crippen LogP) is 3.63. The summed E-state index contributed by atoms with van der Waals surface area (Å²) in [5.74, 6) is -0.781. The average molecular weight is 492 g/mol. The van der Waals surface area contributed by atoms with Gasteiger partial charge in [-0.2, -0.15) is 4.98 Å². The van der Waals surface area contributed by atoms with Gasteiger partial charge in [-0.3, -0.25) is 14.9 Å².